The summed E-state index contributed by atoms with van der Waals surface area (Å²) in [6.07, 6.45) is 1.66. The van der Waals surface area contributed by atoms with Crippen molar-refractivity contribution < 1.29 is 8.94 Å². The van der Waals surface area contributed by atoms with Gasteiger partial charge < -0.3 is 8.94 Å². The van der Waals surface area contributed by atoms with Crippen molar-refractivity contribution in [2.45, 2.75) is 17.5 Å². The van der Waals surface area contributed by atoms with Crippen molar-refractivity contribution in [2.24, 2.45) is 0 Å². The highest BCUT2D eigenvalue weighted by Crippen LogP contribution is 2.30. The molecule has 0 bridgehead atoms. The molecule has 150 valence electrons. The van der Waals surface area contributed by atoms with Gasteiger partial charge in [0.1, 0.15) is 5.76 Å². The Labute approximate surface area is 185 Å². The van der Waals surface area contributed by atoms with Gasteiger partial charge in [-0.3, -0.25) is 4.57 Å². The van der Waals surface area contributed by atoms with Crippen LogP contribution in [-0.2, 0) is 12.3 Å². The second-order valence-corrected chi connectivity index (χ2v) is 8.75. The zero-order valence-corrected chi connectivity index (χ0v) is 18.0. The highest BCUT2D eigenvalue weighted by Gasteiger charge is 2.17. The molecule has 0 N–H and O–H groups in total. The van der Waals surface area contributed by atoms with Gasteiger partial charge in [0, 0.05) is 22.4 Å². The van der Waals surface area contributed by atoms with Gasteiger partial charge in [-0.2, -0.15) is 0 Å². The van der Waals surface area contributed by atoms with Crippen LogP contribution in [0.5, 0.6) is 0 Å². The number of hydrogen-bond acceptors (Lipinski definition) is 7. The van der Waals surface area contributed by atoms with Crippen molar-refractivity contribution in [1.82, 2.24) is 19.9 Å². The molecule has 0 spiro atoms. The smallest absolute Gasteiger partial charge is 0.192 e. The molecule has 0 fully saturated rings. The molecule has 0 aliphatic heterocycles. The predicted molar refractivity (Wildman–Crippen MR) is 118 cm³/mol. The van der Waals surface area contributed by atoms with Crippen LogP contribution in [0.3, 0.4) is 0 Å². The van der Waals surface area contributed by atoms with Gasteiger partial charge in [-0.25, -0.2) is 0 Å². The molecule has 0 unspecified atom stereocenters. The first-order valence-corrected chi connectivity index (χ1v) is 11.3. The fraction of sp³-hybridized carbons (Fsp3) is 0.0952. The first-order chi connectivity index (χ1) is 14.8. The second kappa shape index (κ2) is 8.51. The van der Waals surface area contributed by atoms with E-state index in [9.17, 15) is 0 Å². The number of nitrogens with zero attached hydrogens (tertiary/aromatic N) is 4. The molecule has 0 atom stereocenters. The molecule has 0 amide bonds. The highest BCUT2D eigenvalue weighted by atomic mass is 35.5. The molecule has 30 heavy (non-hydrogen) atoms. The fourth-order valence-corrected chi connectivity index (χ4v) is 4.58. The van der Waals surface area contributed by atoms with Crippen molar-refractivity contribution in [3.63, 3.8) is 0 Å². The summed E-state index contributed by atoms with van der Waals surface area (Å²) in [6.45, 7) is 0.527. The third kappa shape index (κ3) is 4.07. The maximum absolute atomic E-state index is 6.04. The zero-order valence-electron chi connectivity index (χ0n) is 15.6. The third-order valence-electron chi connectivity index (χ3n) is 4.39. The van der Waals surface area contributed by atoms with Crippen LogP contribution in [0.1, 0.15) is 11.5 Å². The number of thioether (sulfide) groups is 1. The average molecular weight is 455 g/mol. The Bertz CT molecular complexity index is 1230. The van der Waals surface area contributed by atoms with E-state index in [2.05, 4.69) is 15.4 Å². The number of furan rings is 1. The molecule has 0 saturated heterocycles. The molecular weight excluding hydrogens is 440 g/mol. The van der Waals surface area contributed by atoms with Gasteiger partial charge in [0.2, 0.25) is 0 Å². The van der Waals surface area contributed by atoms with Gasteiger partial charge in [0.15, 0.2) is 16.7 Å². The molecule has 4 heterocycles. The summed E-state index contributed by atoms with van der Waals surface area (Å²) in [6, 6.07) is 17.3. The molecule has 0 aliphatic rings. The lowest BCUT2D eigenvalue weighted by Gasteiger charge is -2.08. The summed E-state index contributed by atoms with van der Waals surface area (Å²) in [5, 5.41) is 16.5. The number of rotatable bonds is 7. The van der Waals surface area contributed by atoms with Crippen molar-refractivity contribution in [2.75, 3.05) is 0 Å². The lowest BCUT2D eigenvalue weighted by Crippen LogP contribution is -2.03. The Balaban J connectivity index is 1.40. The molecule has 9 heteroatoms. The first-order valence-electron chi connectivity index (χ1n) is 9.10. The minimum Gasteiger partial charge on any atom is -0.467 e. The highest BCUT2D eigenvalue weighted by molar-refractivity contribution is 7.98. The van der Waals surface area contributed by atoms with Crippen molar-refractivity contribution in [3.8, 4) is 22.0 Å². The molecule has 0 saturated carbocycles. The topological polar surface area (TPSA) is 69.9 Å². The molecule has 0 aliphatic carbocycles. The minimum atomic E-state index is 0.527. The van der Waals surface area contributed by atoms with Crippen LogP contribution in [-0.4, -0.2) is 19.9 Å². The van der Waals surface area contributed by atoms with Crippen LogP contribution in [0, 0.1) is 0 Å². The Morgan fingerprint density at radius 2 is 1.97 bits per heavy atom. The van der Waals surface area contributed by atoms with E-state index in [4.69, 9.17) is 20.5 Å². The van der Waals surface area contributed by atoms with E-state index in [0.717, 1.165) is 38.6 Å². The maximum atomic E-state index is 6.04. The Hall–Kier alpha value is -2.81. The lowest BCUT2D eigenvalue weighted by atomic mass is 10.2. The largest absolute Gasteiger partial charge is 0.467 e. The van der Waals surface area contributed by atoms with Crippen molar-refractivity contribution in [1.29, 1.82) is 0 Å². The Morgan fingerprint density at radius 3 is 2.73 bits per heavy atom. The maximum Gasteiger partial charge on any atom is 0.192 e. The summed E-state index contributed by atoms with van der Waals surface area (Å²) >= 11 is 9.22. The van der Waals surface area contributed by atoms with E-state index in [1.807, 2.05) is 64.5 Å². The van der Waals surface area contributed by atoms with Crippen LogP contribution in [0.25, 0.3) is 22.0 Å². The third-order valence-corrected chi connectivity index (χ3v) is 6.52. The zero-order chi connectivity index (χ0) is 20.3. The summed E-state index contributed by atoms with van der Waals surface area (Å²) in [5.74, 6) is 2.98. The van der Waals surface area contributed by atoms with Crippen LogP contribution in [0.4, 0.5) is 0 Å². The number of halogens is 1. The number of hydrogen-bond donors (Lipinski definition) is 0. The SMILES string of the molecule is Clc1ccc(-c2nnc(SCc3cc(-c4cccs4)on3)n2Cc2ccco2)cc1. The normalized spacial score (nSPS) is 11.2. The van der Waals surface area contributed by atoms with Gasteiger partial charge in [0.25, 0.3) is 0 Å². The van der Waals surface area contributed by atoms with Crippen LogP contribution >= 0.6 is 34.7 Å². The van der Waals surface area contributed by atoms with Crippen LogP contribution in [0.15, 0.2) is 80.3 Å². The molecule has 4 aromatic heterocycles. The minimum absolute atomic E-state index is 0.527. The van der Waals surface area contributed by atoms with E-state index >= 15 is 0 Å². The lowest BCUT2D eigenvalue weighted by molar-refractivity contribution is 0.427. The van der Waals surface area contributed by atoms with Crippen molar-refractivity contribution >= 4 is 34.7 Å². The Morgan fingerprint density at radius 1 is 1.07 bits per heavy atom. The summed E-state index contributed by atoms with van der Waals surface area (Å²) in [4.78, 5) is 1.06. The molecule has 6 nitrogen and oxygen atoms in total. The molecule has 5 rings (SSSR count). The van der Waals surface area contributed by atoms with Gasteiger partial charge in [-0.1, -0.05) is 34.6 Å². The molecule has 1 aromatic carbocycles. The van der Waals surface area contributed by atoms with E-state index in [0.29, 0.717) is 17.3 Å². The van der Waals surface area contributed by atoms with E-state index < -0.39 is 0 Å². The molecule has 0 radical (unpaired) electrons. The predicted octanol–water partition coefficient (Wildman–Crippen LogP) is 6.25. The number of aromatic nitrogens is 4. The standard InChI is InChI=1S/C21H15ClN4O2S2/c22-15-7-5-14(6-8-15)20-23-24-21(26(20)12-17-3-1-9-27-17)30-13-16-11-18(28-25-16)19-4-2-10-29-19/h1-11H,12-13H2. The summed E-state index contributed by atoms with van der Waals surface area (Å²) in [5.41, 5.74) is 1.79. The average Bonchev–Trinajstić information content (AvgIpc) is 3.55. The summed E-state index contributed by atoms with van der Waals surface area (Å²) in [7, 11) is 0. The summed E-state index contributed by atoms with van der Waals surface area (Å²) < 4.78 is 13.1. The second-order valence-electron chi connectivity index (χ2n) is 6.43. The van der Waals surface area contributed by atoms with E-state index in [1.54, 1.807) is 29.4 Å². The first kappa shape index (κ1) is 19.2. The Kier molecular flexibility index (Phi) is 5.44. The van der Waals surface area contributed by atoms with Gasteiger partial charge in [0.05, 0.1) is 23.4 Å². The van der Waals surface area contributed by atoms with Crippen molar-refractivity contribution in [3.05, 3.63) is 82.7 Å². The van der Waals surface area contributed by atoms with E-state index in [1.165, 1.54) is 0 Å². The van der Waals surface area contributed by atoms with Crippen LogP contribution < -0.4 is 0 Å². The van der Waals surface area contributed by atoms with Crippen LogP contribution in [0.2, 0.25) is 5.02 Å². The van der Waals surface area contributed by atoms with Gasteiger partial charge in [-0.05, 0) is 47.8 Å². The van der Waals surface area contributed by atoms with E-state index in [-0.39, 0.29) is 0 Å². The quantitative estimate of drug-likeness (QED) is 0.271. The van der Waals surface area contributed by atoms with Gasteiger partial charge >= 0.3 is 0 Å². The number of thiophene rings is 1. The molecule has 5 aromatic rings. The molecular formula is C21H15ClN4O2S2. The van der Waals surface area contributed by atoms with Gasteiger partial charge in [-0.15, -0.1) is 21.5 Å². The monoisotopic (exact) mass is 454 g/mol. The fourth-order valence-electron chi connectivity index (χ4n) is 2.96. The number of benzene rings is 1.